The first kappa shape index (κ1) is 7.30. The summed E-state index contributed by atoms with van der Waals surface area (Å²) in [6, 6.07) is 0. The summed E-state index contributed by atoms with van der Waals surface area (Å²) in [5.74, 6) is 0.461. The fourth-order valence-electron chi connectivity index (χ4n) is 2.71. The number of ether oxygens (including phenoxy) is 2. The van der Waals surface area contributed by atoms with E-state index in [-0.39, 0.29) is 30.1 Å². The van der Waals surface area contributed by atoms with Gasteiger partial charge in [-0.25, -0.2) is 0 Å². The summed E-state index contributed by atoms with van der Waals surface area (Å²) in [5, 5.41) is 9.83. The molecule has 0 aromatic carbocycles. The molecule has 3 aliphatic heterocycles. The molecular formula is C9H14O3. The zero-order valence-electron chi connectivity index (χ0n) is 7.31. The molecule has 0 aromatic heterocycles. The standard InChI is InChI=1S/C9H14O3/c1-3-5(10)4(2)7-9-8(12-9)6(3)11-7/h3-10H,1-2H3/t3-,4+,5?,6+,7-,8+,9?/m0/s1. The maximum atomic E-state index is 9.83. The second-order valence-electron chi connectivity index (χ2n) is 4.34. The molecule has 3 heteroatoms. The van der Waals surface area contributed by atoms with Gasteiger partial charge in [-0.15, -0.1) is 0 Å². The van der Waals surface area contributed by atoms with Crippen LogP contribution in [0.4, 0.5) is 0 Å². The Morgan fingerprint density at radius 2 is 1.25 bits per heavy atom. The van der Waals surface area contributed by atoms with E-state index in [1.54, 1.807) is 0 Å². The van der Waals surface area contributed by atoms with Gasteiger partial charge in [-0.05, 0) is 0 Å². The number of aliphatic hydroxyl groups is 1. The molecule has 3 fully saturated rings. The lowest BCUT2D eigenvalue weighted by atomic mass is 9.86. The summed E-state index contributed by atoms with van der Waals surface area (Å²) in [6.45, 7) is 4.10. The third-order valence-electron chi connectivity index (χ3n) is 3.64. The van der Waals surface area contributed by atoms with Gasteiger partial charge in [0.25, 0.3) is 0 Å². The molecule has 0 amide bonds. The summed E-state index contributed by atoms with van der Waals surface area (Å²) in [5.41, 5.74) is 0. The van der Waals surface area contributed by atoms with Crippen LogP contribution in [-0.4, -0.2) is 35.6 Å². The smallest absolute Gasteiger partial charge is 0.113 e. The summed E-state index contributed by atoms with van der Waals surface area (Å²) < 4.78 is 11.2. The van der Waals surface area contributed by atoms with Gasteiger partial charge in [0, 0.05) is 11.8 Å². The van der Waals surface area contributed by atoms with Crippen LogP contribution in [-0.2, 0) is 9.47 Å². The first-order chi connectivity index (χ1) is 5.70. The molecule has 3 saturated heterocycles. The molecule has 1 N–H and O–H groups in total. The fourth-order valence-corrected chi connectivity index (χ4v) is 2.71. The molecule has 3 nitrogen and oxygen atoms in total. The van der Waals surface area contributed by atoms with Gasteiger partial charge in [-0.3, -0.25) is 0 Å². The number of hydrogen-bond acceptors (Lipinski definition) is 3. The van der Waals surface area contributed by atoms with Gasteiger partial charge in [0.1, 0.15) is 12.2 Å². The normalized spacial score (nSPS) is 67.8. The van der Waals surface area contributed by atoms with E-state index in [2.05, 4.69) is 0 Å². The average Bonchev–Trinajstić information content (AvgIpc) is 2.76. The van der Waals surface area contributed by atoms with Crippen LogP contribution < -0.4 is 0 Å². The Bertz CT molecular complexity index is 198. The molecule has 0 radical (unpaired) electrons. The molecule has 0 aromatic rings. The number of epoxide rings is 1. The van der Waals surface area contributed by atoms with Crippen molar-refractivity contribution >= 4 is 0 Å². The van der Waals surface area contributed by atoms with Crippen molar-refractivity contribution in [2.24, 2.45) is 11.8 Å². The largest absolute Gasteiger partial charge is 0.392 e. The lowest BCUT2D eigenvalue weighted by molar-refractivity contribution is -0.164. The van der Waals surface area contributed by atoms with Crippen LogP contribution >= 0.6 is 0 Å². The highest BCUT2D eigenvalue weighted by atomic mass is 16.7. The van der Waals surface area contributed by atoms with Crippen molar-refractivity contribution in [3.8, 4) is 0 Å². The average molecular weight is 170 g/mol. The molecule has 3 rings (SSSR count). The molecule has 0 aliphatic carbocycles. The van der Waals surface area contributed by atoms with Crippen LogP contribution in [0, 0.1) is 11.8 Å². The van der Waals surface area contributed by atoms with E-state index in [1.165, 1.54) is 0 Å². The predicted molar refractivity (Wildman–Crippen MR) is 41.7 cm³/mol. The van der Waals surface area contributed by atoms with E-state index in [4.69, 9.17) is 9.47 Å². The molecule has 2 bridgehead atoms. The van der Waals surface area contributed by atoms with E-state index in [0.717, 1.165) is 0 Å². The number of rotatable bonds is 0. The molecular weight excluding hydrogens is 156 g/mol. The van der Waals surface area contributed by atoms with Gasteiger partial charge in [0.2, 0.25) is 0 Å². The minimum Gasteiger partial charge on any atom is -0.392 e. The van der Waals surface area contributed by atoms with Crippen molar-refractivity contribution in [2.45, 2.75) is 44.4 Å². The minimum atomic E-state index is -0.204. The summed E-state index contributed by atoms with van der Waals surface area (Å²) in [4.78, 5) is 0. The van der Waals surface area contributed by atoms with E-state index >= 15 is 0 Å². The monoisotopic (exact) mass is 170 g/mol. The first-order valence-corrected chi connectivity index (χ1v) is 4.69. The van der Waals surface area contributed by atoms with E-state index < -0.39 is 0 Å². The highest BCUT2D eigenvalue weighted by Crippen LogP contribution is 2.50. The molecule has 68 valence electrons. The van der Waals surface area contributed by atoms with Gasteiger partial charge in [0.05, 0.1) is 18.3 Å². The molecule has 3 heterocycles. The maximum absolute atomic E-state index is 9.83. The lowest BCUT2D eigenvalue weighted by Crippen LogP contribution is -2.47. The third kappa shape index (κ3) is 0.679. The van der Waals surface area contributed by atoms with Gasteiger partial charge in [-0.2, -0.15) is 0 Å². The second kappa shape index (κ2) is 2.03. The first-order valence-electron chi connectivity index (χ1n) is 4.69. The zero-order valence-corrected chi connectivity index (χ0v) is 7.31. The van der Waals surface area contributed by atoms with E-state index in [0.29, 0.717) is 12.2 Å². The Balaban J connectivity index is 1.93. The van der Waals surface area contributed by atoms with Crippen LogP contribution in [0.2, 0.25) is 0 Å². The van der Waals surface area contributed by atoms with Crippen molar-refractivity contribution in [3.63, 3.8) is 0 Å². The summed E-state index contributed by atoms with van der Waals surface area (Å²) in [7, 11) is 0. The van der Waals surface area contributed by atoms with Crippen LogP contribution in [0.1, 0.15) is 13.8 Å². The van der Waals surface area contributed by atoms with Crippen LogP contribution in [0.3, 0.4) is 0 Å². The predicted octanol–water partition coefficient (Wildman–Crippen LogP) is 0.168. The Labute approximate surface area is 71.7 Å². The Morgan fingerprint density at radius 1 is 0.833 bits per heavy atom. The van der Waals surface area contributed by atoms with Crippen molar-refractivity contribution in [1.29, 1.82) is 0 Å². The molecule has 12 heavy (non-hydrogen) atoms. The third-order valence-corrected chi connectivity index (χ3v) is 3.64. The Kier molecular flexibility index (Phi) is 1.23. The van der Waals surface area contributed by atoms with Crippen molar-refractivity contribution in [2.75, 3.05) is 0 Å². The minimum absolute atomic E-state index is 0.159. The summed E-state index contributed by atoms with van der Waals surface area (Å²) >= 11 is 0. The van der Waals surface area contributed by atoms with Crippen LogP contribution in [0.5, 0.6) is 0 Å². The molecule has 3 aliphatic rings. The van der Waals surface area contributed by atoms with E-state index in [9.17, 15) is 5.11 Å². The Morgan fingerprint density at radius 3 is 1.75 bits per heavy atom. The summed E-state index contributed by atoms with van der Waals surface area (Å²) in [6.07, 6.45) is 0.705. The molecule has 2 unspecified atom stereocenters. The van der Waals surface area contributed by atoms with Crippen molar-refractivity contribution in [3.05, 3.63) is 0 Å². The highest BCUT2D eigenvalue weighted by Gasteiger charge is 2.65. The van der Waals surface area contributed by atoms with Gasteiger partial charge in [0.15, 0.2) is 0 Å². The topological polar surface area (TPSA) is 42.0 Å². The maximum Gasteiger partial charge on any atom is 0.113 e. The van der Waals surface area contributed by atoms with Crippen molar-refractivity contribution < 1.29 is 14.6 Å². The van der Waals surface area contributed by atoms with Gasteiger partial charge < -0.3 is 14.6 Å². The van der Waals surface area contributed by atoms with Crippen LogP contribution in [0.15, 0.2) is 0 Å². The van der Waals surface area contributed by atoms with Crippen LogP contribution in [0.25, 0.3) is 0 Å². The highest BCUT2D eigenvalue weighted by molar-refractivity contribution is 5.11. The SMILES string of the molecule is C[C@@H]1C(O)[C@H](C)[C@H]2O[C@@H]1C1O[C@@H]12. The Hall–Kier alpha value is -0.120. The van der Waals surface area contributed by atoms with E-state index in [1.807, 2.05) is 13.8 Å². The van der Waals surface area contributed by atoms with Gasteiger partial charge in [-0.1, -0.05) is 13.8 Å². The molecule has 0 saturated carbocycles. The molecule has 7 atom stereocenters. The second-order valence-corrected chi connectivity index (χ2v) is 4.34. The van der Waals surface area contributed by atoms with Crippen molar-refractivity contribution in [1.82, 2.24) is 0 Å². The number of hydrogen-bond donors (Lipinski definition) is 1. The fraction of sp³-hybridized carbons (Fsp3) is 1.00. The number of fused-ring (bicyclic) bond motifs is 5. The lowest BCUT2D eigenvalue weighted by Gasteiger charge is -2.38. The number of aliphatic hydroxyl groups excluding tert-OH is 1. The quantitative estimate of drug-likeness (QED) is 0.527. The zero-order chi connectivity index (χ0) is 8.46. The van der Waals surface area contributed by atoms with Gasteiger partial charge >= 0.3 is 0 Å². The molecule has 0 spiro atoms.